The molecular weight excluding hydrogens is 278 g/mol. The minimum atomic E-state index is -0.388. The maximum atomic E-state index is 11.2. The zero-order chi connectivity index (χ0) is 13.9. The van der Waals surface area contributed by atoms with Crippen LogP contribution in [0.15, 0.2) is 30.2 Å². The number of nitro groups is 1. The number of hydrogen-bond donors (Lipinski definition) is 2. The number of aromatic nitrogens is 3. The summed E-state index contributed by atoms with van der Waals surface area (Å²) in [7, 11) is 0. The summed E-state index contributed by atoms with van der Waals surface area (Å²) in [6, 6.07) is 3.57. The molecule has 2 N–H and O–H groups in total. The number of anilines is 1. The van der Waals surface area contributed by atoms with Crippen molar-refractivity contribution in [3.05, 3.63) is 46.0 Å². The summed E-state index contributed by atoms with van der Waals surface area (Å²) in [6.07, 6.45) is 4.06. The van der Waals surface area contributed by atoms with Crippen LogP contribution in [0.25, 0.3) is 10.2 Å². The fourth-order valence-corrected chi connectivity index (χ4v) is 2.68. The van der Waals surface area contributed by atoms with Crippen LogP contribution in [0.5, 0.6) is 0 Å². The van der Waals surface area contributed by atoms with Crippen LogP contribution in [-0.2, 0) is 6.42 Å². The Morgan fingerprint density at radius 1 is 1.45 bits per heavy atom. The number of thiazole rings is 1. The first-order valence-electron chi connectivity index (χ1n) is 5.97. The molecule has 0 saturated carbocycles. The molecule has 0 radical (unpaired) electrons. The van der Waals surface area contributed by atoms with Gasteiger partial charge in [-0.3, -0.25) is 10.1 Å². The minimum absolute atomic E-state index is 0.0355. The molecule has 0 aliphatic carbocycles. The van der Waals surface area contributed by atoms with E-state index >= 15 is 0 Å². The van der Waals surface area contributed by atoms with Crippen molar-refractivity contribution in [2.75, 3.05) is 11.9 Å². The zero-order valence-corrected chi connectivity index (χ0v) is 11.2. The fourth-order valence-electron chi connectivity index (χ4n) is 2.00. The van der Waals surface area contributed by atoms with Gasteiger partial charge in [0.25, 0.3) is 0 Å². The Kier molecular flexibility index (Phi) is 3.30. The summed E-state index contributed by atoms with van der Waals surface area (Å²) in [6.45, 7) is 0.582. The van der Waals surface area contributed by atoms with Crippen LogP contribution in [0.3, 0.4) is 0 Å². The van der Waals surface area contributed by atoms with Crippen molar-refractivity contribution in [3.8, 4) is 0 Å². The number of rotatable bonds is 5. The molecule has 0 fully saturated rings. The van der Waals surface area contributed by atoms with Gasteiger partial charge in [0.05, 0.1) is 21.5 Å². The van der Waals surface area contributed by atoms with Gasteiger partial charge in [0, 0.05) is 24.9 Å². The summed E-state index contributed by atoms with van der Waals surface area (Å²) in [5, 5.41) is 14.3. The highest BCUT2D eigenvalue weighted by molar-refractivity contribution is 7.16. The standard InChI is InChI=1S/C12H11N5O2S/c18-17(19)12-9(1-2-10-11(12)16-7-20-10)14-4-3-8-5-13-6-15-8/h1-2,5-7,14H,3-4H2,(H,13,15). The molecule has 0 amide bonds. The largest absolute Gasteiger partial charge is 0.379 e. The lowest BCUT2D eigenvalue weighted by Crippen LogP contribution is -2.07. The van der Waals surface area contributed by atoms with E-state index in [0.717, 1.165) is 10.4 Å². The normalized spacial score (nSPS) is 10.8. The molecule has 1 aromatic carbocycles. The molecule has 2 aromatic heterocycles. The third kappa shape index (κ3) is 2.32. The van der Waals surface area contributed by atoms with Crippen LogP contribution in [0.1, 0.15) is 5.69 Å². The average Bonchev–Trinajstić information content (AvgIpc) is 3.07. The molecule has 7 nitrogen and oxygen atoms in total. The van der Waals surface area contributed by atoms with Crippen molar-refractivity contribution in [1.29, 1.82) is 0 Å². The molecule has 3 aromatic rings. The van der Waals surface area contributed by atoms with Crippen molar-refractivity contribution < 1.29 is 4.92 Å². The first-order valence-corrected chi connectivity index (χ1v) is 6.85. The Balaban J connectivity index is 1.83. The number of fused-ring (bicyclic) bond motifs is 1. The number of nitrogens with one attached hydrogen (secondary N) is 2. The number of benzene rings is 1. The lowest BCUT2D eigenvalue weighted by atomic mass is 10.2. The van der Waals surface area contributed by atoms with Gasteiger partial charge in [0.15, 0.2) is 5.52 Å². The van der Waals surface area contributed by atoms with Crippen molar-refractivity contribution in [2.45, 2.75) is 6.42 Å². The number of imidazole rings is 1. The predicted octanol–water partition coefficient (Wildman–Crippen LogP) is 2.58. The summed E-state index contributed by atoms with van der Waals surface area (Å²) in [5.41, 5.74) is 3.56. The van der Waals surface area contributed by atoms with Crippen molar-refractivity contribution >= 4 is 32.9 Å². The molecular formula is C12H11N5O2S. The van der Waals surface area contributed by atoms with Gasteiger partial charge in [-0.05, 0) is 12.1 Å². The molecule has 0 saturated heterocycles. The first-order chi connectivity index (χ1) is 9.75. The predicted molar refractivity (Wildman–Crippen MR) is 77.1 cm³/mol. The summed E-state index contributed by atoms with van der Waals surface area (Å²) in [4.78, 5) is 21.8. The fraction of sp³-hybridized carbons (Fsp3) is 0.167. The van der Waals surface area contributed by atoms with Crippen molar-refractivity contribution in [3.63, 3.8) is 0 Å². The van der Waals surface area contributed by atoms with E-state index in [0.29, 0.717) is 24.2 Å². The highest BCUT2D eigenvalue weighted by Gasteiger charge is 2.20. The van der Waals surface area contributed by atoms with Gasteiger partial charge >= 0.3 is 5.69 Å². The first kappa shape index (κ1) is 12.5. The van der Waals surface area contributed by atoms with Gasteiger partial charge in [0.2, 0.25) is 0 Å². The van der Waals surface area contributed by atoms with E-state index in [-0.39, 0.29) is 10.6 Å². The SMILES string of the molecule is O=[N+]([O-])c1c(NCCc2cnc[nH]2)ccc2scnc12. The summed E-state index contributed by atoms with van der Waals surface area (Å²) in [5.74, 6) is 0. The third-order valence-electron chi connectivity index (χ3n) is 2.92. The number of nitro benzene ring substituents is 1. The molecule has 20 heavy (non-hydrogen) atoms. The highest BCUT2D eigenvalue weighted by atomic mass is 32.1. The molecule has 0 aliphatic heterocycles. The Morgan fingerprint density at radius 3 is 3.10 bits per heavy atom. The van der Waals surface area contributed by atoms with Gasteiger partial charge in [-0.15, -0.1) is 11.3 Å². The average molecular weight is 289 g/mol. The smallest absolute Gasteiger partial charge is 0.319 e. The maximum Gasteiger partial charge on any atom is 0.319 e. The van der Waals surface area contributed by atoms with E-state index < -0.39 is 0 Å². The van der Waals surface area contributed by atoms with Gasteiger partial charge in [-0.1, -0.05) is 0 Å². The van der Waals surface area contributed by atoms with E-state index in [2.05, 4.69) is 20.3 Å². The Labute approximate surface area is 117 Å². The molecule has 0 unspecified atom stereocenters. The van der Waals surface area contributed by atoms with Gasteiger partial charge in [-0.2, -0.15) is 0 Å². The maximum absolute atomic E-state index is 11.2. The summed E-state index contributed by atoms with van der Waals surface area (Å²) >= 11 is 1.39. The van der Waals surface area contributed by atoms with E-state index in [1.54, 1.807) is 24.1 Å². The van der Waals surface area contributed by atoms with Crippen LogP contribution in [-0.4, -0.2) is 26.4 Å². The second-order valence-corrected chi connectivity index (χ2v) is 5.06. The topological polar surface area (TPSA) is 96.7 Å². The number of hydrogen-bond acceptors (Lipinski definition) is 6. The minimum Gasteiger partial charge on any atom is -0.379 e. The zero-order valence-electron chi connectivity index (χ0n) is 10.4. The van der Waals surface area contributed by atoms with Crippen molar-refractivity contribution in [2.24, 2.45) is 0 Å². The van der Waals surface area contributed by atoms with Gasteiger partial charge in [0.1, 0.15) is 5.69 Å². The molecule has 0 bridgehead atoms. The molecule has 2 heterocycles. The third-order valence-corrected chi connectivity index (χ3v) is 3.72. The Bertz CT molecular complexity index is 737. The molecule has 0 atom stereocenters. The molecule has 0 spiro atoms. The van der Waals surface area contributed by atoms with Crippen molar-refractivity contribution in [1.82, 2.24) is 15.0 Å². The second kappa shape index (κ2) is 5.25. The quantitative estimate of drug-likeness (QED) is 0.556. The molecule has 102 valence electrons. The molecule has 8 heteroatoms. The van der Waals surface area contributed by atoms with E-state index in [4.69, 9.17) is 0 Å². The number of H-pyrrole nitrogens is 1. The Morgan fingerprint density at radius 2 is 2.35 bits per heavy atom. The number of aromatic amines is 1. The second-order valence-electron chi connectivity index (χ2n) is 4.17. The number of nitrogens with zero attached hydrogens (tertiary/aromatic N) is 3. The van der Waals surface area contributed by atoms with Crippen LogP contribution in [0.2, 0.25) is 0 Å². The van der Waals surface area contributed by atoms with Crippen LogP contribution < -0.4 is 5.32 Å². The van der Waals surface area contributed by atoms with Gasteiger partial charge in [-0.25, -0.2) is 9.97 Å². The van der Waals surface area contributed by atoms with E-state index in [1.807, 2.05) is 6.07 Å². The lowest BCUT2D eigenvalue weighted by molar-refractivity contribution is -0.382. The molecule has 3 rings (SSSR count). The van der Waals surface area contributed by atoms with Crippen LogP contribution in [0, 0.1) is 10.1 Å². The van der Waals surface area contributed by atoms with Crippen LogP contribution >= 0.6 is 11.3 Å². The van der Waals surface area contributed by atoms with Crippen LogP contribution in [0.4, 0.5) is 11.4 Å². The monoisotopic (exact) mass is 289 g/mol. The summed E-state index contributed by atoms with van der Waals surface area (Å²) < 4.78 is 0.816. The van der Waals surface area contributed by atoms with E-state index in [9.17, 15) is 10.1 Å². The highest BCUT2D eigenvalue weighted by Crippen LogP contribution is 2.34. The Hall–Kier alpha value is -2.48. The van der Waals surface area contributed by atoms with E-state index in [1.165, 1.54) is 11.3 Å². The van der Waals surface area contributed by atoms with Gasteiger partial charge < -0.3 is 10.3 Å². The molecule has 0 aliphatic rings. The lowest BCUT2D eigenvalue weighted by Gasteiger charge is -2.06.